The van der Waals surface area contributed by atoms with Crippen LogP contribution in [0.25, 0.3) is 0 Å². The number of halogens is 3. The summed E-state index contributed by atoms with van der Waals surface area (Å²) in [6.45, 7) is 0.312. The van der Waals surface area contributed by atoms with Crippen molar-refractivity contribution in [2.24, 2.45) is 0 Å². The van der Waals surface area contributed by atoms with E-state index in [0.717, 1.165) is 6.07 Å². The van der Waals surface area contributed by atoms with Crippen molar-refractivity contribution in [3.05, 3.63) is 29.6 Å². The van der Waals surface area contributed by atoms with Gasteiger partial charge in [-0.15, -0.1) is 11.8 Å². The lowest BCUT2D eigenvalue weighted by Crippen LogP contribution is -2.48. The molecule has 2 rings (SSSR count). The van der Waals surface area contributed by atoms with Gasteiger partial charge in [-0.2, -0.15) is 0 Å². The largest absolute Gasteiger partial charge is 0.468 e. The quantitative estimate of drug-likeness (QED) is 0.550. The van der Waals surface area contributed by atoms with Crippen LogP contribution in [-0.2, 0) is 19.1 Å². The summed E-state index contributed by atoms with van der Waals surface area (Å²) in [7, 11) is 2.79. The van der Waals surface area contributed by atoms with Gasteiger partial charge < -0.3 is 15.0 Å². The van der Waals surface area contributed by atoms with E-state index in [1.165, 1.54) is 35.7 Å². The molecule has 1 atom stereocenters. The van der Waals surface area contributed by atoms with Crippen LogP contribution in [0.4, 0.5) is 18.9 Å². The predicted molar refractivity (Wildman–Crippen MR) is 97.3 cm³/mol. The maximum Gasteiger partial charge on any atom is 0.320 e. The number of carbonyl (C=O) groups is 3. The Hall–Kier alpha value is -2.27. The number of anilines is 1. The second-order valence-corrected chi connectivity index (χ2v) is 7.48. The fourth-order valence-electron chi connectivity index (χ4n) is 2.59. The molecule has 0 bridgehead atoms. The summed E-state index contributed by atoms with van der Waals surface area (Å²) in [6, 6.07) is 1.61. The minimum atomic E-state index is -1.68. The van der Waals surface area contributed by atoms with E-state index in [0.29, 0.717) is 18.4 Å². The number of benzene rings is 1. The third-order valence-corrected chi connectivity index (χ3v) is 5.17. The Morgan fingerprint density at radius 3 is 2.64 bits per heavy atom. The number of amides is 2. The number of hydrogen-bond donors (Lipinski definition) is 1. The number of rotatable bonds is 6. The molecule has 0 spiro atoms. The van der Waals surface area contributed by atoms with Crippen LogP contribution < -0.4 is 5.32 Å². The van der Waals surface area contributed by atoms with Crippen LogP contribution in [0.5, 0.6) is 0 Å². The average Bonchev–Trinajstić information content (AvgIpc) is 2.67. The summed E-state index contributed by atoms with van der Waals surface area (Å²) in [6.07, 6.45) is 0. The Balaban J connectivity index is 1.86. The molecule has 1 fully saturated rings. The zero-order chi connectivity index (χ0) is 20.8. The monoisotopic (exact) mass is 419 g/mol. The highest BCUT2D eigenvalue weighted by atomic mass is 32.2. The molecule has 1 aromatic carbocycles. The van der Waals surface area contributed by atoms with Gasteiger partial charge in [0.25, 0.3) is 0 Å². The van der Waals surface area contributed by atoms with Gasteiger partial charge in [0, 0.05) is 18.8 Å². The van der Waals surface area contributed by atoms with Crippen molar-refractivity contribution in [3.8, 4) is 0 Å². The number of nitrogens with zero attached hydrogens (tertiary/aromatic N) is 2. The Kier molecular flexibility index (Phi) is 7.69. The Labute approximate surface area is 164 Å². The van der Waals surface area contributed by atoms with Crippen LogP contribution in [0.3, 0.4) is 0 Å². The first-order chi connectivity index (χ1) is 13.2. The van der Waals surface area contributed by atoms with E-state index in [-0.39, 0.29) is 25.5 Å². The number of likely N-dealkylation sites (N-methyl/N-ethyl adjacent to an activating group) is 1. The average molecular weight is 419 g/mol. The minimum absolute atomic E-state index is 0.105. The van der Waals surface area contributed by atoms with E-state index < -0.39 is 40.3 Å². The first-order valence-corrected chi connectivity index (χ1v) is 9.37. The van der Waals surface area contributed by atoms with Gasteiger partial charge in [-0.1, -0.05) is 0 Å². The first-order valence-electron chi connectivity index (χ1n) is 8.32. The van der Waals surface area contributed by atoms with Crippen LogP contribution in [0.15, 0.2) is 12.1 Å². The van der Waals surface area contributed by atoms with E-state index in [1.807, 2.05) is 0 Å². The van der Waals surface area contributed by atoms with Crippen molar-refractivity contribution in [3.63, 3.8) is 0 Å². The van der Waals surface area contributed by atoms with Gasteiger partial charge in [-0.05, 0) is 19.2 Å². The zero-order valence-electron chi connectivity index (χ0n) is 15.3. The lowest BCUT2D eigenvalue weighted by atomic mass is 10.2. The molecule has 0 aliphatic carbocycles. The topological polar surface area (TPSA) is 79.0 Å². The maximum atomic E-state index is 13.6. The van der Waals surface area contributed by atoms with Gasteiger partial charge in [0.05, 0.1) is 25.9 Å². The fraction of sp³-hybridized carbons (Fsp3) is 0.471. The highest BCUT2D eigenvalue weighted by Gasteiger charge is 2.30. The molecule has 0 unspecified atom stereocenters. The summed E-state index contributed by atoms with van der Waals surface area (Å²) in [5.74, 6) is -5.31. The van der Waals surface area contributed by atoms with Crippen molar-refractivity contribution in [2.75, 3.05) is 51.4 Å². The van der Waals surface area contributed by atoms with Crippen LogP contribution >= 0.6 is 11.8 Å². The molecule has 7 nitrogen and oxygen atoms in total. The molecule has 1 saturated heterocycles. The number of hydrogen-bond acceptors (Lipinski definition) is 6. The van der Waals surface area contributed by atoms with E-state index >= 15 is 0 Å². The molecule has 0 aromatic heterocycles. The number of thioether (sulfide) groups is 1. The van der Waals surface area contributed by atoms with Gasteiger partial charge in [0.1, 0.15) is 5.25 Å². The smallest absolute Gasteiger partial charge is 0.320 e. The molecule has 0 radical (unpaired) electrons. The standard InChI is InChI=1S/C17H20F3N3O4S/c1-22(8-13(24)21-11-4-3-10(18)15(19)16(11)20)9-14(25)23-5-6-28-12(7-23)17(26)27-2/h3-4,12H,5-9H2,1-2H3,(H,21,24)/t12-/m1/s1. The highest BCUT2D eigenvalue weighted by molar-refractivity contribution is 8.00. The van der Waals surface area contributed by atoms with Gasteiger partial charge in [-0.25, -0.2) is 13.2 Å². The van der Waals surface area contributed by atoms with Gasteiger partial charge in [0.2, 0.25) is 11.8 Å². The summed E-state index contributed by atoms with van der Waals surface area (Å²) in [5.41, 5.74) is -0.488. The van der Waals surface area contributed by atoms with Gasteiger partial charge >= 0.3 is 5.97 Å². The number of carbonyl (C=O) groups excluding carboxylic acids is 3. The lowest BCUT2D eigenvalue weighted by molar-refractivity contribution is -0.141. The molecule has 1 aliphatic heterocycles. The third-order valence-electron chi connectivity index (χ3n) is 4.01. The Morgan fingerprint density at radius 1 is 1.25 bits per heavy atom. The van der Waals surface area contributed by atoms with E-state index in [2.05, 4.69) is 5.32 Å². The second-order valence-electron chi connectivity index (χ2n) is 6.17. The Bertz CT molecular complexity index is 765. The van der Waals surface area contributed by atoms with Crippen molar-refractivity contribution in [1.82, 2.24) is 9.80 Å². The highest BCUT2D eigenvalue weighted by Crippen LogP contribution is 2.21. The number of esters is 1. The van der Waals surface area contributed by atoms with Crippen molar-refractivity contribution in [2.45, 2.75) is 5.25 Å². The first kappa shape index (κ1) is 22.0. The normalized spacial score (nSPS) is 16.8. The number of methoxy groups -OCH3 is 1. The van der Waals surface area contributed by atoms with Crippen LogP contribution in [-0.4, -0.2) is 78.9 Å². The van der Waals surface area contributed by atoms with Crippen LogP contribution in [0, 0.1) is 17.5 Å². The molecule has 28 heavy (non-hydrogen) atoms. The van der Waals surface area contributed by atoms with E-state index in [1.54, 1.807) is 0 Å². The molecule has 1 N–H and O–H groups in total. The van der Waals surface area contributed by atoms with Gasteiger partial charge in [-0.3, -0.25) is 19.3 Å². The summed E-state index contributed by atoms with van der Waals surface area (Å²) in [5, 5.41) is 1.69. The fourth-order valence-corrected chi connectivity index (χ4v) is 3.72. The lowest BCUT2D eigenvalue weighted by Gasteiger charge is -2.32. The summed E-state index contributed by atoms with van der Waals surface area (Å²) in [4.78, 5) is 38.9. The zero-order valence-corrected chi connectivity index (χ0v) is 16.2. The third kappa shape index (κ3) is 5.61. The second kappa shape index (κ2) is 9.78. The molecular weight excluding hydrogens is 399 g/mol. The van der Waals surface area contributed by atoms with Crippen molar-refractivity contribution >= 4 is 35.2 Å². The van der Waals surface area contributed by atoms with Crippen molar-refractivity contribution < 1.29 is 32.3 Å². The molecular formula is C17H20F3N3O4S. The van der Waals surface area contributed by atoms with Gasteiger partial charge in [0.15, 0.2) is 17.5 Å². The minimum Gasteiger partial charge on any atom is -0.468 e. The molecule has 1 aliphatic rings. The number of ether oxygens (including phenoxy) is 1. The van der Waals surface area contributed by atoms with E-state index in [4.69, 9.17) is 4.74 Å². The molecule has 11 heteroatoms. The Morgan fingerprint density at radius 2 is 1.96 bits per heavy atom. The SMILES string of the molecule is COC(=O)[C@H]1CN(C(=O)CN(C)CC(=O)Nc2ccc(F)c(F)c2F)CCS1. The number of nitrogens with one attached hydrogen (secondary N) is 1. The molecule has 1 aromatic rings. The van der Waals surface area contributed by atoms with E-state index in [9.17, 15) is 27.6 Å². The predicted octanol–water partition coefficient (Wildman–Crippen LogP) is 1.09. The maximum absolute atomic E-state index is 13.6. The summed E-state index contributed by atoms with van der Waals surface area (Å²) >= 11 is 1.41. The van der Waals surface area contributed by atoms with Crippen molar-refractivity contribution in [1.29, 1.82) is 0 Å². The van der Waals surface area contributed by atoms with Crippen LogP contribution in [0.1, 0.15) is 0 Å². The summed E-state index contributed by atoms with van der Waals surface area (Å²) < 4.78 is 44.4. The molecule has 0 saturated carbocycles. The molecule has 1 heterocycles. The van der Waals surface area contributed by atoms with Crippen LogP contribution in [0.2, 0.25) is 0 Å². The molecule has 2 amide bonds. The molecule has 154 valence electrons.